The zero-order valence-corrected chi connectivity index (χ0v) is 9.20. The van der Waals surface area contributed by atoms with Gasteiger partial charge in [-0.15, -0.1) is 0 Å². The average molecular weight is 220 g/mol. The van der Waals surface area contributed by atoms with Gasteiger partial charge < -0.3 is 0 Å². The van der Waals surface area contributed by atoms with Crippen LogP contribution in [0.1, 0.15) is 51.9 Å². The van der Waals surface area contributed by atoms with Crippen LogP contribution in [-0.2, 0) is 0 Å². The van der Waals surface area contributed by atoms with E-state index in [9.17, 15) is 0 Å². The van der Waals surface area contributed by atoms with Gasteiger partial charge in [0.05, 0.1) is 0 Å². The van der Waals surface area contributed by atoms with Crippen molar-refractivity contribution in [3.8, 4) is 0 Å². The van der Waals surface area contributed by atoms with Gasteiger partial charge >= 0.3 is 0 Å². The normalized spacial score (nSPS) is 10.4. The molecule has 67 valence electrons. The molecular formula is C10H20Br. The number of rotatable bonds is 8. The Hall–Kier alpha value is 0.480. The summed E-state index contributed by atoms with van der Waals surface area (Å²) < 4.78 is 0. The fourth-order valence-corrected chi connectivity index (χ4v) is 1.51. The summed E-state index contributed by atoms with van der Waals surface area (Å²) in [5.41, 5.74) is 0. The lowest BCUT2D eigenvalue weighted by atomic mass is 10.1. The van der Waals surface area contributed by atoms with Gasteiger partial charge in [-0.25, -0.2) is 0 Å². The molecule has 0 rings (SSSR count). The van der Waals surface area contributed by atoms with Crippen LogP contribution in [0.3, 0.4) is 0 Å². The van der Waals surface area contributed by atoms with Gasteiger partial charge in [-0.1, -0.05) is 61.4 Å². The Morgan fingerprint density at radius 2 is 1.64 bits per heavy atom. The highest BCUT2D eigenvalue weighted by atomic mass is 79.9. The van der Waals surface area contributed by atoms with Gasteiger partial charge in [0.25, 0.3) is 0 Å². The van der Waals surface area contributed by atoms with Crippen LogP contribution in [0.4, 0.5) is 0 Å². The lowest BCUT2D eigenvalue weighted by Crippen LogP contribution is -1.80. The van der Waals surface area contributed by atoms with Gasteiger partial charge in [0.15, 0.2) is 0 Å². The van der Waals surface area contributed by atoms with Crippen molar-refractivity contribution >= 4 is 15.9 Å². The van der Waals surface area contributed by atoms with E-state index in [1.165, 1.54) is 50.3 Å². The fourth-order valence-electron chi connectivity index (χ4n) is 1.12. The molecule has 11 heavy (non-hydrogen) atoms. The standard InChI is InChI=1S/C10H20Br/c1-2-3-4-5-6-7-8-9-10-11/h3H,2,4-10H2,1H3. The molecule has 0 nitrogen and oxygen atoms in total. The molecule has 0 amide bonds. The molecule has 0 bridgehead atoms. The SMILES string of the molecule is CC[CH]CCCCCCCBr. The van der Waals surface area contributed by atoms with Crippen molar-refractivity contribution in [2.45, 2.75) is 51.9 Å². The summed E-state index contributed by atoms with van der Waals surface area (Å²) in [7, 11) is 0. The highest BCUT2D eigenvalue weighted by Gasteiger charge is 1.89. The minimum absolute atomic E-state index is 1.17. The highest BCUT2D eigenvalue weighted by molar-refractivity contribution is 9.09. The first-order valence-corrected chi connectivity index (χ1v) is 5.91. The number of alkyl halides is 1. The van der Waals surface area contributed by atoms with Crippen molar-refractivity contribution in [3.63, 3.8) is 0 Å². The topological polar surface area (TPSA) is 0 Å². The van der Waals surface area contributed by atoms with Crippen LogP contribution < -0.4 is 0 Å². The summed E-state index contributed by atoms with van der Waals surface area (Å²) in [6.07, 6.45) is 11.9. The van der Waals surface area contributed by atoms with Gasteiger partial charge in [-0.05, 0) is 12.8 Å². The molecule has 0 aliphatic heterocycles. The fraction of sp³-hybridized carbons (Fsp3) is 0.900. The minimum Gasteiger partial charge on any atom is -0.0928 e. The third-order valence-electron chi connectivity index (χ3n) is 1.83. The Morgan fingerprint density at radius 3 is 2.27 bits per heavy atom. The second-order valence-electron chi connectivity index (χ2n) is 2.94. The van der Waals surface area contributed by atoms with Gasteiger partial charge in [0.1, 0.15) is 0 Å². The zero-order valence-electron chi connectivity index (χ0n) is 7.61. The lowest BCUT2D eigenvalue weighted by Gasteiger charge is -1.98. The number of halogens is 1. The van der Waals surface area contributed by atoms with Crippen molar-refractivity contribution in [1.29, 1.82) is 0 Å². The first-order chi connectivity index (χ1) is 5.41. The predicted octanol–water partition coefficient (Wildman–Crippen LogP) is 4.34. The van der Waals surface area contributed by atoms with E-state index in [2.05, 4.69) is 29.3 Å². The van der Waals surface area contributed by atoms with Crippen LogP contribution in [-0.4, -0.2) is 5.33 Å². The molecule has 0 N–H and O–H groups in total. The van der Waals surface area contributed by atoms with Crippen molar-refractivity contribution in [3.05, 3.63) is 6.42 Å². The van der Waals surface area contributed by atoms with E-state index >= 15 is 0 Å². The Labute approximate surface area is 79.9 Å². The van der Waals surface area contributed by atoms with E-state index < -0.39 is 0 Å². The summed E-state index contributed by atoms with van der Waals surface area (Å²) in [6.45, 7) is 2.21. The van der Waals surface area contributed by atoms with E-state index in [0.29, 0.717) is 0 Å². The van der Waals surface area contributed by atoms with Crippen molar-refractivity contribution < 1.29 is 0 Å². The molecule has 0 saturated heterocycles. The van der Waals surface area contributed by atoms with E-state index in [1.54, 1.807) is 0 Å². The van der Waals surface area contributed by atoms with Gasteiger partial charge in [0, 0.05) is 5.33 Å². The Balaban J connectivity index is 2.69. The van der Waals surface area contributed by atoms with Crippen LogP contribution in [0.5, 0.6) is 0 Å². The van der Waals surface area contributed by atoms with E-state index in [1.807, 2.05) is 0 Å². The largest absolute Gasteiger partial charge is 0.0928 e. The average Bonchev–Trinajstić information content (AvgIpc) is 2.03. The van der Waals surface area contributed by atoms with Crippen LogP contribution in [0.25, 0.3) is 0 Å². The number of hydrogen-bond acceptors (Lipinski definition) is 0. The Morgan fingerprint density at radius 1 is 1.00 bits per heavy atom. The molecular weight excluding hydrogens is 200 g/mol. The smallest absolute Gasteiger partial charge is 0.00313 e. The summed E-state index contributed by atoms with van der Waals surface area (Å²) in [4.78, 5) is 0. The maximum absolute atomic E-state index is 3.44. The van der Waals surface area contributed by atoms with Crippen molar-refractivity contribution in [2.24, 2.45) is 0 Å². The molecule has 1 radical (unpaired) electrons. The summed E-state index contributed by atoms with van der Waals surface area (Å²) in [5.74, 6) is 0. The molecule has 0 heterocycles. The Kier molecular flexibility index (Phi) is 10.9. The summed E-state index contributed by atoms with van der Waals surface area (Å²) in [5, 5.41) is 1.17. The molecule has 0 aliphatic carbocycles. The molecule has 0 unspecified atom stereocenters. The molecule has 0 aromatic rings. The van der Waals surface area contributed by atoms with Gasteiger partial charge in [-0.3, -0.25) is 0 Å². The third-order valence-corrected chi connectivity index (χ3v) is 2.39. The predicted molar refractivity (Wildman–Crippen MR) is 56.1 cm³/mol. The molecule has 1 heteroatoms. The molecule has 0 saturated carbocycles. The minimum atomic E-state index is 1.17. The first-order valence-electron chi connectivity index (χ1n) is 4.79. The lowest BCUT2D eigenvalue weighted by molar-refractivity contribution is 0.627. The molecule has 0 aromatic carbocycles. The van der Waals surface area contributed by atoms with Gasteiger partial charge in [-0.2, -0.15) is 0 Å². The van der Waals surface area contributed by atoms with Crippen LogP contribution in [0.15, 0.2) is 0 Å². The third kappa shape index (κ3) is 10.5. The van der Waals surface area contributed by atoms with E-state index in [4.69, 9.17) is 0 Å². The maximum atomic E-state index is 3.44. The Bertz CT molecular complexity index is 53.9. The van der Waals surface area contributed by atoms with Crippen LogP contribution >= 0.6 is 15.9 Å². The summed E-state index contributed by atoms with van der Waals surface area (Å²) in [6, 6.07) is 0. The highest BCUT2D eigenvalue weighted by Crippen LogP contribution is 2.08. The molecule has 0 aliphatic rings. The molecule has 0 atom stereocenters. The second kappa shape index (κ2) is 10.5. The molecule has 0 aromatic heterocycles. The van der Waals surface area contributed by atoms with Gasteiger partial charge in [0.2, 0.25) is 0 Å². The second-order valence-corrected chi connectivity index (χ2v) is 3.74. The zero-order chi connectivity index (χ0) is 8.36. The maximum Gasteiger partial charge on any atom is 0.00313 e. The van der Waals surface area contributed by atoms with E-state index in [-0.39, 0.29) is 0 Å². The molecule has 0 fully saturated rings. The van der Waals surface area contributed by atoms with Crippen LogP contribution in [0.2, 0.25) is 0 Å². The van der Waals surface area contributed by atoms with Crippen molar-refractivity contribution in [1.82, 2.24) is 0 Å². The molecule has 0 spiro atoms. The summed E-state index contributed by atoms with van der Waals surface area (Å²) >= 11 is 3.44. The number of hydrogen-bond donors (Lipinski definition) is 0. The number of unbranched alkanes of at least 4 members (excludes halogenated alkanes) is 7. The van der Waals surface area contributed by atoms with Crippen LogP contribution in [0, 0.1) is 6.42 Å². The van der Waals surface area contributed by atoms with E-state index in [0.717, 1.165) is 0 Å². The first kappa shape index (κ1) is 11.5. The quantitative estimate of drug-likeness (QED) is 0.421. The monoisotopic (exact) mass is 219 g/mol. The van der Waals surface area contributed by atoms with Crippen molar-refractivity contribution in [2.75, 3.05) is 5.33 Å².